The van der Waals surface area contributed by atoms with E-state index in [4.69, 9.17) is 0 Å². The summed E-state index contributed by atoms with van der Waals surface area (Å²) in [5, 5.41) is 7.21. The normalized spacial score (nSPS) is 16.0. The molecule has 2 heterocycles. The molecule has 1 aliphatic rings. The van der Waals surface area contributed by atoms with E-state index in [1.807, 2.05) is 29.2 Å². The van der Waals surface area contributed by atoms with Gasteiger partial charge in [0.2, 0.25) is 0 Å². The minimum atomic E-state index is 0.0396. The number of carbonyl (C=O) groups is 1. The lowest BCUT2D eigenvalue weighted by Gasteiger charge is -2.34. The van der Waals surface area contributed by atoms with Crippen LogP contribution in [0.3, 0.4) is 0 Å². The highest BCUT2D eigenvalue weighted by Gasteiger charge is 2.25. The maximum Gasteiger partial charge on any atom is 0.274 e. The molecule has 0 radical (unpaired) electrons. The molecule has 0 bridgehead atoms. The number of amides is 1. The monoisotopic (exact) mass is 312 g/mol. The van der Waals surface area contributed by atoms with Crippen LogP contribution >= 0.6 is 0 Å². The highest BCUT2D eigenvalue weighted by Crippen LogP contribution is 2.17. The Kier molecular flexibility index (Phi) is 4.76. The predicted octanol–water partition coefficient (Wildman–Crippen LogP) is 2.17. The van der Waals surface area contributed by atoms with Crippen molar-refractivity contribution in [1.82, 2.24) is 20.0 Å². The van der Waals surface area contributed by atoms with Gasteiger partial charge in [0.1, 0.15) is 5.69 Å². The Morgan fingerprint density at radius 3 is 2.61 bits per heavy atom. The molecular formula is C18H24N4O. The largest absolute Gasteiger partial charge is 0.337 e. The van der Waals surface area contributed by atoms with Crippen molar-refractivity contribution in [2.45, 2.75) is 25.3 Å². The Hall–Kier alpha value is -2.14. The molecule has 0 unspecified atom stereocenters. The van der Waals surface area contributed by atoms with Crippen molar-refractivity contribution in [3.8, 4) is 0 Å². The van der Waals surface area contributed by atoms with Gasteiger partial charge in [-0.15, -0.1) is 0 Å². The molecule has 1 amide bonds. The second-order valence-corrected chi connectivity index (χ2v) is 6.43. The van der Waals surface area contributed by atoms with E-state index in [-0.39, 0.29) is 5.91 Å². The van der Waals surface area contributed by atoms with Crippen molar-refractivity contribution in [3.05, 3.63) is 53.3 Å². The van der Waals surface area contributed by atoms with E-state index >= 15 is 0 Å². The smallest absolute Gasteiger partial charge is 0.274 e. The van der Waals surface area contributed by atoms with E-state index in [9.17, 15) is 4.79 Å². The first-order valence-corrected chi connectivity index (χ1v) is 8.17. The Balaban J connectivity index is 1.61. The van der Waals surface area contributed by atoms with Crippen molar-refractivity contribution in [2.24, 2.45) is 0 Å². The van der Waals surface area contributed by atoms with E-state index in [1.54, 1.807) is 0 Å². The van der Waals surface area contributed by atoms with E-state index < -0.39 is 0 Å². The molecule has 1 aromatic heterocycles. The highest BCUT2D eigenvalue weighted by atomic mass is 16.2. The number of likely N-dealkylation sites (tertiary alicyclic amines) is 1. The fourth-order valence-electron chi connectivity index (χ4n) is 3.12. The van der Waals surface area contributed by atoms with E-state index in [2.05, 4.69) is 41.3 Å². The molecule has 3 rings (SSSR count). The number of carbonyl (C=O) groups excluding carboxylic acids is 1. The van der Waals surface area contributed by atoms with Gasteiger partial charge in [-0.1, -0.05) is 30.3 Å². The molecule has 23 heavy (non-hydrogen) atoms. The van der Waals surface area contributed by atoms with Gasteiger partial charge in [-0.3, -0.25) is 9.89 Å². The van der Waals surface area contributed by atoms with Crippen molar-refractivity contribution in [3.63, 3.8) is 0 Å². The molecule has 5 nitrogen and oxygen atoms in total. The number of aromatic amines is 1. The SMILES string of the molecule is CN(C)C1CCN(C(=O)c2cc(Cc3ccccc3)[nH]n2)CC1. The number of benzene rings is 1. The van der Waals surface area contributed by atoms with Crippen LogP contribution in [-0.2, 0) is 6.42 Å². The summed E-state index contributed by atoms with van der Waals surface area (Å²) in [4.78, 5) is 16.7. The lowest BCUT2D eigenvalue weighted by Crippen LogP contribution is -2.44. The second kappa shape index (κ2) is 6.96. The summed E-state index contributed by atoms with van der Waals surface area (Å²) in [5.41, 5.74) is 2.71. The van der Waals surface area contributed by atoms with Gasteiger partial charge >= 0.3 is 0 Å². The zero-order valence-corrected chi connectivity index (χ0v) is 13.8. The van der Waals surface area contributed by atoms with Gasteiger partial charge in [-0.05, 0) is 38.6 Å². The zero-order valence-electron chi connectivity index (χ0n) is 13.8. The minimum absolute atomic E-state index is 0.0396. The third-order valence-corrected chi connectivity index (χ3v) is 4.57. The van der Waals surface area contributed by atoms with Crippen LogP contribution in [0.4, 0.5) is 0 Å². The summed E-state index contributed by atoms with van der Waals surface area (Å²) in [6.07, 6.45) is 2.82. The molecule has 5 heteroatoms. The summed E-state index contributed by atoms with van der Waals surface area (Å²) in [6.45, 7) is 1.62. The third kappa shape index (κ3) is 3.79. The summed E-state index contributed by atoms with van der Waals surface area (Å²) >= 11 is 0. The molecule has 122 valence electrons. The first-order chi connectivity index (χ1) is 11.1. The number of nitrogens with zero attached hydrogens (tertiary/aromatic N) is 3. The van der Waals surface area contributed by atoms with Crippen molar-refractivity contribution in [2.75, 3.05) is 27.2 Å². The first-order valence-electron chi connectivity index (χ1n) is 8.17. The van der Waals surface area contributed by atoms with Crippen molar-refractivity contribution < 1.29 is 4.79 Å². The maximum atomic E-state index is 12.6. The number of hydrogen-bond donors (Lipinski definition) is 1. The number of piperidine rings is 1. The fraction of sp³-hybridized carbons (Fsp3) is 0.444. The van der Waals surface area contributed by atoms with Crippen LogP contribution in [0.5, 0.6) is 0 Å². The molecule has 2 aromatic rings. The van der Waals surface area contributed by atoms with Crippen LogP contribution in [0.1, 0.15) is 34.6 Å². The van der Waals surface area contributed by atoms with Crippen LogP contribution in [0.2, 0.25) is 0 Å². The number of nitrogens with one attached hydrogen (secondary N) is 1. The standard InChI is InChI=1S/C18H24N4O/c1-21(2)16-8-10-22(11-9-16)18(23)17-13-15(19-20-17)12-14-6-4-3-5-7-14/h3-7,13,16H,8-12H2,1-2H3,(H,19,20). The highest BCUT2D eigenvalue weighted by molar-refractivity contribution is 5.92. The second-order valence-electron chi connectivity index (χ2n) is 6.43. The predicted molar refractivity (Wildman–Crippen MR) is 90.4 cm³/mol. The zero-order chi connectivity index (χ0) is 16.2. The quantitative estimate of drug-likeness (QED) is 0.941. The van der Waals surface area contributed by atoms with Gasteiger partial charge in [0.05, 0.1) is 0 Å². The summed E-state index contributed by atoms with van der Waals surface area (Å²) < 4.78 is 0. The molecular weight excluding hydrogens is 288 g/mol. The van der Waals surface area contributed by atoms with E-state index in [0.29, 0.717) is 11.7 Å². The Labute approximate surface area is 137 Å². The van der Waals surface area contributed by atoms with Gasteiger partial charge in [0.25, 0.3) is 5.91 Å². The molecule has 0 atom stereocenters. The van der Waals surface area contributed by atoms with Gasteiger partial charge in [0.15, 0.2) is 0 Å². The Morgan fingerprint density at radius 2 is 1.96 bits per heavy atom. The van der Waals surface area contributed by atoms with Gasteiger partial charge in [-0.2, -0.15) is 5.10 Å². The Bertz CT molecular complexity index is 642. The molecule has 1 N–H and O–H groups in total. The molecule has 0 aliphatic carbocycles. The molecule has 0 spiro atoms. The first kappa shape index (κ1) is 15.7. The summed E-state index contributed by atoms with van der Waals surface area (Å²) in [7, 11) is 4.21. The number of rotatable bonds is 4. The van der Waals surface area contributed by atoms with Crippen molar-refractivity contribution in [1.29, 1.82) is 0 Å². The van der Waals surface area contributed by atoms with Gasteiger partial charge in [0, 0.05) is 31.2 Å². The van der Waals surface area contributed by atoms with Crippen LogP contribution in [0.15, 0.2) is 36.4 Å². The van der Waals surface area contributed by atoms with Gasteiger partial charge < -0.3 is 9.80 Å². The van der Waals surface area contributed by atoms with Gasteiger partial charge in [-0.25, -0.2) is 0 Å². The van der Waals surface area contributed by atoms with Crippen LogP contribution in [-0.4, -0.2) is 59.1 Å². The van der Waals surface area contributed by atoms with Crippen LogP contribution in [0, 0.1) is 0 Å². The number of H-pyrrole nitrogens is 1. The number of hydrogen-bond acceptors (Lipinski definition) is 3. The van der Waals surface area contributed by atoms with E-state index in [0.717, 1.165) is 38.0 Å². The van der Waals surface area contributed by atoms with Crippen LogP contribution < -0.4 is 0 Å². The topological polar surface area (TPSA) is 52.2 Å². The number of aromatic nitrogens is 2. The Morgan fingerprint density at radius 1 is 1.26 bits per heavy atom. The van der Waals surface area contributed by atoms with E-state index in [1.165, 1.54) is 5.56 Å². The fourth-order valence-corrected chi connectivity index (χ4v) is 3.12. The van der Waals surface area contributed by atoms with Crippen molar-refractivity contribution >= 4 is 5.91 Å². The molecule has 1 aliphatic heterocycles. The average molecular weight is 312 g/mol. The molecule has 1 fully saturated rings. The third-order valence-electron chi connectivity index (χ3n) is 4.57. The summed E-state index contributed by atoms with van der Waals surface area (Å²) in [6, 6.07) is 12.7. The molecule has 1 aromatic carbocycles. The lowest BCUT2D eigenvalue weighted by molar-refractivity contribution is 0.0657. The molecule has 1 saturated heterocycles. The lowest BCUT2D eigenvalue weighted by atomic mass is 10.0. The molecule has 0 saturated carbocycles. The summed E-state index contributed by atoms with van der Waals surface area (Å²) in [5.74, 6) is 0.0396. The van der Waals surface area contributed by atoms with Crippen LogP contribution in [0.25, 0.3) is 0 Å². The maximum absolute atomic E-state index is 12.6. The average Bonchev–Trinajstić information content (AvgIpc) is 3.03. The minimum Gasteiger partial charge on any atom is -0.337 e.